The number of carbonyl (C=O) groups excluding carboxylic acids is 1. The van der Waals surface area contributed by atoms with Crippen molar-refractivity contribution in [3.05, 3.63) is 29.0 Å². The molecule has 0 radical (unpaired) electrons. The molecule has 7 heteroatoms. The molecule has 1 fully saturated rings. The number of piperidine rings is 1. The zero-order chi connectivity index (χ0) is 18.2. The summed E-state index contributed by atoms with van der Waals surface area (Å²) >= 11 is 3.50. The van der Waals surface area contributed by atoms with Gasteiger partial charge in [0.15, 0.2) is 0 Å². The molecule has 1 amide bonds. The summed E-state index contributed by atoms with van der Waals surface area (Å²) in [6.45, 7) is 9.46. The first-order valence-electron chi connectivity index (χ1n) is 8.54. The van der Waals surface area contributed by atoms with Crippen LogP contribution in [0.3, 0.4) is 0 Å². The predicted molar refractivity (Wildman–Crippen MR) is 102 cm³/mol. The minimum Gasteiger partial charge on any atom is -0.444 e. The molecule has 3 heterocycles. The second kappa shape index (κ2) is 6.52. The van der Waals surface area contributed by atoms with Crippen LogP contribution in [-0.4, -0.2) is 39.9 Å². The third-order valence-corrected chi connectivity index (χ3v) is 5.10. The van der Waals surface area contributed by atoms with E-state index in [1.165, 1.54) is 0 Å². The number of alkyl carbamates (subject to hydrolysis) is 1. The fourth-order valence-electron chi connectivity index (χ4n) is 3.06. The Bertz CT molecular complexity index is 773. The third-order valence-electron chi connectivity index (χ3n) is 4.49. The summed E-state index contributed by atoms with van der Waals surface area (Å²) in [6, 6.07) is 4.19. The van der Waals surface area contributed by atoms with E-state index in [2.05, 4.69) is 50.3 Å². The maximum Gasteiger partial charge on any atom is 0.408 e. The molecular formula is C18H25BrN4O2. The van der Waals surface area contributed by atoms with Crippen LogP contribution in [0.5, 0.6) is 0 Å². The molecule has 0 unspecified atom stereocenters. The number of aromatic nitrogens is 2. The highest BCUT2D eigenvalue weighted by atomic mass is 79.9. The van der Waals surface area contributed by atoms with E-state index in [0.717, 1.165) is 41.6 Å². The van der Waals surface area contributed by atoms with Gasteiger partial charge in [0.25, 0.3) is 0 Å². The van der Waals surface area contributed by atoms with Gasteiger partial charge in [-0.15, -0.1) is 0 Å². The largest absolute Gasteiger partial charge is 0.444 e. The summed E-state index contributed by atoms with van der Waals surface area (Å²) in [7, 11) is 0. The summed E-state index contributed by atoms with van der Waals surface area (Å²) in [4.78, 5) is 14.4. The number of nitrogens with one attached hydrogen (secondary N) is 1. The van der Waals surface area contributed by atoms with Crippen molar-refractivity contribution in [2.75, 3.05) is 18.0 Å². The number of fused-ring (bicyclic) bond motifs is 1. The van der Waals surface area contributed by atoms with Gasteiger partial charge in [-0.3, -0.25) is 0 Å². The summed E-state index contributed by atoms with van der Waals surface area (Å²) in [5.41, 5.74) is 1.48. The molecule has 1 aliphatic rings. The summed E-state index contributed by atoms with van der Waals surface area (Å²) < 4.78 is 8.26. The van der Waals surface area contributed by atoms with Gasteiger partial charge in [0, 0.05) is 18.6 Å². The van der Waals surface area contributed by atoms with E-state index in [1.54, 1.807) is 6.20 Å². The van der Waals surface area contributed by atoms with Crippen molar-refractivity contribution in [3.8, 4) is 0 Å². The van der Waals surface area contributed by atoms with Crippen LogP contribution in [0.4, 0.5) is 10.5 Å². The maximum atomic E-state index is 12.1. The van der Waals surface area contributed by atoms with E-state index in [9.17, 15) is 4.79 Å². The van der Waals surface area contributed by atoms with Crippen LogP contribution >= 0.6 is 15.9 Å². The number of amides is 1. The molecule has 25 heavy (non-hydrogen) atoms. The molecule has 6 nitrogen and oxygen atoms in total. The lowest BCUT2D eigenvalue weighted by Gasteiger charge is -2.41. The quantitative estimate of drug-likeness (QED) is 0.815. The average molecular weight is 409 g/mol. The van der Waals surface area contributed by atoms with Crippen molar-refractivity contribution in [3.63, 3.8) is 0 Å². The van der Waals surface area contributed by atoms with Crippen molar-refractivity contribution < 1.29 is 9.53 Å². The standard InChI is InChI=1S/C18H25BrN4O2/c1-17(2,3)25-16(24)21-18(4)7-9-22(10-8-18)13-5-6-15-14(19)11-20-23(15)12-13/h5-6,11-12H,7-10H2,1-4H3,(H,21,24). The molecular weight excluding hydrogens is 384 g/mol. The minimum absolute atomic E-state index is 0.238. The molecule has 136 valence electrons. The summed E-state index contributed by atoms with van der Waals surface area (Å²) in [6.07, 6.45) is 5.24. The first kappa shape index (κ1) is 18.0. The van der Waals surface area contributed by atoms with Crippen molar-refractivity contribution in [2.45, 2.75) is 51.7 Å². The van der Waals surface area contributed by atoms with Gasteiger partial charge < -0.3 is 15.0 Å². The van der Waals surface area contributed by atoms with E-state index in [1.807, 2.05) is 31.5 Å². The van der Waals surface area contributed by atoms with E-state index in [4.69, 9.17) is 4.74 Å². The fraction of sp³-hybridized carbons (Fsp3) is 0.556. The molecule has 0 bridgehead atoms. The van der Waals surface area contributed by atoms with Crippen molar-refractivity contribution in [1.82, 2.24) is 14.9 Å². The molecule has 0 spiro atoms. The van der Waals surface area contributed by atoms with Gasteiger partial charge in [0.2, 0.25) is 0 Å². The number of pyridine rings is 1. The molecule has 1 aliphatic heterocycles. The fourth-order valence-corrected chi connectivity index (χ4v) is 3.47. The zero-order valence-corrected chi connectivity index (χ0v) is 16.8. The summed E-state index contributed by atoms with van der Waals surface area (Å²) in [5.74, 6) is 0. The van der Waals surface area contributed by atoms with Crippen LogP contribution in [0, 0.1) is 0 Å². The van der Waals surface area contributed by atoms with Crippen LogP contribution in [0.25, 0.3) is 5.52 Å². The van der Waals surface area contributed by atoms with Crippen LogP contribution in [-0.2, 0) is 4.74 Å². The van der Waals surface area contributed by atoms with Crippen LogP contribution in [0.15, 0.2) is 29.0 Å². The monoisotopic (exact) mass is 408 g/mol. The second-order valence-corrected chi connectivity index (χ2v) is 8.74. The molecule has 3 rings (SSSR count). The Labute approximate surface area is 156 Å². The van der Waals surface area contributed by atoms with Crippen molar-refractivity contribution >= 4 is 33.2 Å². The Morgan fingerprint density at radius 1 is 1.32 bits per heavy atom. The van der Waals surface area contributed by atoms with Gasteiger partial charge in [0.05, 0.1) is 28.1 Å². The number of halogens is 1. The van der Waals surface area contributed by atoms with E-state index >= 15 is 0 Å². The SMILES string of the molecule is CC1(NC(=O)OC(C)(C)C)CCN(c2ccc3c(Br)cnn3c2)CC1. The molecule has 0 saturated carbocycles. The van der Waals surface area contributed by atoms with E-state index < -0.39 is 5.60 Å². The smallest absolute Gasteiger partial charge is 0.408 e. The molecule has 0 atom stereocenters. The number of ether oxygens (including phenoxy) is 1. The number of carbonyl (C=O) groups is 1. The van der Waals surface area contributed by atoms with Gasteiger partial charge >= 0.3 is 6.09 Å². The second-order valence-electron chi connectivity index (χ2n) is 7.88. The molecule has 2 aromatic rings. The number of nitrogens with zero attached hydrogens (tertiary/aromatic N) is 3. The van der Waals surface area contributed by atoms with Crippen LogP contribution < -0.4 is 10.2 Å². The van der Waals surface area contributed by atoms with Gasteiger partial charge in [-0.25, -0.2) is 9.31 Å². The Morgan fingerprint density at radius 2 is 2.00 bits per heavy atom. The lowest BCUT2D eigenvalue weighted by atomic mass is 9.89. The zero-order valence-electron chi connectivity index (χ0n) is 15.2. The van der Waals surface area contributed by atoms with E-state index in [-0.39, 0.29) is 11.6 Å². The van der Waals surface area contributed by atoms with Crippen LogP contribution in [0.2, 0.25) is 0 Å². The van der Waals surface area contributed by atoms with Gasteiger partial charge in [-0.1, -0.05) is 0 Å². The van der Waals surface area contributed by atoms with Crippen molar-refractivity contribution in [2.24, 2.45) is 0 Å². The molecule has 2 aromatic heterocycles. The molecule has 1 saturated heterocycles. The average Bonchev–Trinajstić information content (AvgIpc) is 2.86. The lowest BCUT2D eigenvalue weighted by Crippen LogP contribution is -2.54. The Kier molecular flexibility index (Phi) is 4.70. The third kappa shape index (κ3) is 4.26. The number of rotatable bonds is 2. The molecule has 0 aliphatic carbocycles. The maximum absolute atomic E-state index is 12.1. The Hall–Kier alpha value is -1.76. The highest BCUT2D eigenvalue weighted by molar-refractivity contribution is 9.10. The number of hydrogen-bond donors (Lipinski definition) is 1. The van der Waals surface area contributed by atoms with Gasteiger partial charge in [-0.2, -0.15) is 5.10 Å². The van der Waals surface area contributed by atoms with Gasteiger partial charge in [0.1, 0.15) is 5.60 Å². The normalized spacial score (nSPS) is 17.6. The molecule has 1 N–H and O–H groups in total. The van der Waals surface area contributed by atoms with Crippen LogP contribution in [0.1, 0.15) is 40.5 Å². The first-order chi connectivity index (χ1) is 11.7. The highest BCUT2D eigenvalue weighted by Crippen LogP contribution is 2.28. The number of anilines is 1. The number of hydrogen-bond acceptors (Lipinski definition) is 4. The van der Waals surface area contributed by atoms with E-state index in [0.29, 0.717) is 0 Å². The first-order valence-corrected chi connectivity index (χ1v) is 9.34. The lowest BCUT2D eigenvalue weighted by molar-refractivity contribution is 0.0448. The topological polar surface area (TPSA) is 58.9 Å². The predicted octanol–water partition coefficient (Wildman–Crippen LogP) is 3.98. The van der Waals surface area contributed by atoms with Gasteiger partial charge in [-0.05, 0) is 68.6 Å². The molecule has 0 aromatic carbocycles. The Morgan fingerprint density at radius 3 is 2.64 bits per heavy atom. The highest BCUT2D eigenvalue weighted by Gasteiger charge is 2.33. The summed E-state index contributed by atoms with van der Waals surface area (Å²) in [5, 5.41) is 7.39. The van der Waals surface area contributed by atoms with Crippen molar-refractivity contribution in [1.29, 1.82) is 0 Å². The minimum atomic E-state index is -0.478. The Balaban J connectivity index is 1.63.